The molecule has 0 bridgehead atoms. The first kappa shape index (κ1) is 16.7. The van der Waals surface area contributed by atoms with Crippen molar-refractivity contribution in [3.63, 3.8) is 0 Å². The van der Waals surface area contributed by atoms with Crippen LogP contribution in [0.1, 0.15) is 5.56 Å². The second kappa shape index (κ2) is 6.54. The third kappa shape index (κ3) is 2.97. The minimum Gasteiger partial charge on any atom is -0.481 e. The molecule has 0 atom stereocenters. The fourth-order valence-electron chi connectivity index (χ4n) is 2.63. The summed E-state index contributed by atoms with van der Waals surface area (Å²) >= 11 is 4.69. The average Bonchev–Trinajstić information content (AvgIpc) is 3.11. The lowest BCUT2D eigenvalue weighted by Gasteiger charge is -2.06. The second-order valence-electron chi connectivity index (χ2n) is 5.51. The first-order valence-corrected chi connectivity index (χ1v) is 9.20. The Morgan fingerprint density at radius 2 is 2.12 bits per heavy atom. The fraction of sp³-hybridized carbons (Fsp3) is 0.0556. The van der Waals surface area contributed by atoms with E-state index in [0.717, 1.165) is 16.6 Å². The Morgan fingerprint density at radius 3 is 2.88 bits per heavy atom. The van der Waals surface area contributed by atoms with E-state index in [0.29, 0.717) is 19.7 Å². The highest BCUT2D eigenvalue weighted by Crippen LogP contribution is 2.26. The van der Waals surface area contributed by atoms with E-state index in [-0.39, 0.29) is 5.56 Å². The van der Waals surface area contributed by atoms with Crippen molar-refractivity contribution < 1.29 is 14.6 Å². The van der Waals surface area contributed by atoms with Crippen molar-refractivity contribution in [2.45, 2.75) is 0 Å². The van der Waals surface area contributed by atoms with Crippen LogP contribution in [0.5, 0.6) is 5.75 Å². The van der Waals surface area contributed by atoms with Gasteiger partial charge in [-0.25, -0.2) is 14.2 Å². The molecule has 2 aromatic carbocycles. The number of aromatic nitrogens is 2. The molecule has 0 spiro atoms. The van der Waals surface area contributed by atoms with Crippen molar-refractivity contribution in [1.29, 1.82) is 0 Å². The zero-order chi connectivity index (χ0) is 18.3. The maximum atomic E-state index is 12.7. The van der Waals surface area contributed by atoms with E-state index in [1.54, 1.807) is 28.7 Å². The van der Waals surface area contributed by atoms with E-state index in [1.807, 2.05) is 24.3 Å². The van der Waals surface area contributed by atoms with Gasteiger partial charge in [-0.2, -0.15) is 0 Å². The summed E-state index contributed by atoms with van der Waals surface area (Å²) in [6.45, 7) is -0.415. The lowest BCUT2D eigenvalue weighted by atomic mass is 10.2. The van der Waals surface area contributed by atoms with Crippen LogP contribution in [0.3, 0.4) is 0 Å². The van der Waals surface area contributed by atoms with Crippen LogP contribution in [0.4, 0.5) is 0 Å². The number of rotatable bonds is 4. The lowest BCUT2D eigenvalue weighted by Crippen LogP contribution is -2.22. The zero-order valence-electron chi connectivity index (χ0n) is 13.2. The summed E-state index contributed by atoms with van der Waals surface area (Å²) in [5.41, 5.74) is 2.28. The van der Waals surface area contributed by atoms with Crippen LogP contribution in [0, 0.1) is 0 Å². The molecule has 8 heteroatoms. The number of aliphatic carboxylic acids is 1. The number of para-hydroxylation sites is 2. The highest BCUT2D eigenvalue weighted by molar-refractivity contribution is 9.10. The molecule has 4 aromatic rings. The van der Waals surface area contributed by atoms with Crippen molar-refractivity contribution in [1.82, 2.24) is 9.38 Å². The third-order valence-electron chi connectivity index (χ3n) is 3.75. The number of ether oxygens (including phenoxy) is 1. The number of hydrogen-bond donors (Lipinski definition) is 1. The highest BCUT2D eigenvalue weighted by atomic mass is 79.9. The van der Waals surface area contributed by atoms with Gasteiger partial charge >= 0.3 is 5.97 Å². The summed E-state index contributed by atoms with van der Waals surface area (Å²) < 4.78 is 7.98. The minimum atomic E-state index is -1.04. The largest absolute Gasteiger partial charge is 0.481 e. The standard InChI is InChI=1S/C18H11BrN2O4S/c19-11-7-10(5-6-14(11)25-9-16(22)23)8-15-17(24)21-13-4-2-1-3-12(13)20-18(21)26-15/h1-8H,9H2,(H,22,23). The number of carboxylic acid groups (broad SMARTS) is 1. The van der Waals surface area contributed by atoms with Gasteiger partial charge in [0.05, 0.1) is 20.0 Å². The van der Waals surface area contributed by atoms with Gasteiger partial charge in [-0.05, 0) is 51.8 Å². The smallest absolute Gasteiger partial charge is 0.341 e. The molecule has 0 amide bonds. The van der Waals surface area contributed by atoms with Crippen LogP contribution in [0.25, 0.3) is 22.1 Å². The number of hydrogen-bond acceptors (Lipinski definition) is 5. The number of nitrogens with zero attached hydrogens (tertiary/aromatic N) is 2. The highest BCUT2D eigenvalue weighted by Gasteiger charge is 2.11. The van der Waals surface area contributed by atoms with Crippen molar-refractivity contribution in [3.8, 4) is 5.75 Å². The SMILES string of the molecule is O=C(O)COc1ccc(C=c2sc3nc4ccccc4n3c2=O)cc1Br. The summed E-state index contributed by atoms with van der Waals surface area (Å²) in [7, 11) is 0. The van der Waals surface area contributed by atoms with Crippen LogP contribution < -0.4 is 14.8 Å². The summed E-state index contributed by atoms with van der Waals surface area (Å²) in [5.74, 6) is -0.614. The fourth-order valence-corrected chi connectivity index (χ4v) is 4.12. The average molecular weight is 431 g/mol. The van der Waals surface area contributed by atoms with E-state index in [2.05, 4.69) is 20.9 Å². The number of carbonyl (C=O) groups is 1. The first-order chi connectivity index (χ1) is 12.5. The van der Waals surface area contributed by atoms with Gasteiger partial charge in [0.2, 0.25) is 0 Å². The number of benzene rings is 2. The maximum absolute atomic E-state index is 12.7. The van der Waals surface area contributed by atoms with E-state index in [9.17, 15) is 9.59 Å². The van der Waals surface area contributed by atoms with Gasteiger partial charge in [-0.3, -0.25) is 4.79 Å². The van der Waals surface area contributed by atoms with Crippen molar-refractivity contribution in [3.05, 3.63) is 67.4 Å². The molecule has 0 aliphatic rings. The molecule has 0 saturated carbocycles. The molecule has 6 nitrogen and oxygen atoms in total. The van der Waals surface area contributed by atoms with E-state index < -0.39 is 12.6 Å². The summed E-state index contributed by atoms with van der Waals surface area (Å²) in [4.78, 5) is 28.5. The topological polar surface area (TPSA) is 80.9 Å². The monoisotopic (exact) mass is 430 g/mol. The number of halogens is 1. The number of imidazole rings is 1. The summed E-state index contributed by atoms with van der Waals surface area (Å²) in [6.07, 6.45) is 1.78. The molecular formula is C18H11BrN2O4S. The number of thiazole rings is 1. The van der Waals surface area contributed by atoms with E-state index in [1.165, 1.54) is 11.3 Å². The van der Waals surface area contributed by atoms with Gasteiger partial charge in [-0.15, -0.1) is 0 Å². The number of carboxylic acids is 1. The molecule has 26 heavy (non-hydrogen) atoms. The Labute approximate surface area is 159 Å². The van der Waals surface area contributed by atoms with Crippen molar-refractivity contribution in [2.75, 3.05) is 6.61 Å². The molecule has 2 heterocycles. The van der Waals surface area contributed by atoms with E-state index >= 15 is 0 Å². The zero-order valence-corrected chi connectivity index (χ0v) is 15.6. The van der Waals surface area contributed by atoms with Crippen molar-refractivity contribution in [2.24, 2.45) is 0 Å². The third-order valence-corrected chi connectivity index (χ3v) is 5.34. The Kier molecular flexibility index (Phi) is 4.21. The first-order valence-electron chi connectivity index (χ1n) is 7.59. The Morgan fingerprint density at radius 1 is 1.31 bits per heavy atom. The molecular weight excluding hydrogens is 420 g/mol. The van der Waals surface area contributed by atoms with Crippen LogP contribution in [-0.2, 0) is 4.79 Å². The Balaban J connectivity index is 1.76. The Hall–Kier alpha value is -2.71. The second-order valence-corrected chi connectivity index (χ2v) is 7.37. The molecule has 0 fully saturated rings. The van der Waals surface area contributed by atoms with Gasteiger partial charge < -0.3 is 9.84 Å². The van der Waals surface area contributed by atoms with Crippen LogP contribution in [0.2, 0.25) is 0 Å². The van der Waals surface area contributed by atoms with Gasteiger partial charge in [0.25, 0.3) is 5.56 Å². The normalized spacial score (nSPS) is 12.1. The quantitative estimate of drug-likeness (QED) is 0.538. The summed E-state index contributed by atoms with van der Waals surface area (Å²) in [5, 5.41) is 8.68. The van der Waals surface area contributed by atoms with Gasteiger partial charge in [0.15, 0.2) is 11.6 Å². The van der Waals surface area contributed by atoms with Crippen LogP contribution >= 0.6 is 27.3 Å². The Bertz CT molecular complexity index is 1260. The molecule has 0 aliphatic carbocycles. The molecule has 0 radical (unpaired) electrons. The predicted octanol–water partition coefficient (Wildman–Crippen LogP) is 2.68. The van der Waals surface area contributed by atoms with Gasteiger partial charge in [0, 0.05) is 0 Å². The molecule has 4 rings (SSSR count). The predicted molar refractivity (Wildman–Crippen MR) is 103 cm³/mol. The molecule has 1 N–H and O–H groups in total. The van der Waals surface area contributed by atoms with E-state index in [4.69, 9.17) is 9.84 Å². The molecule has 0 unspecified atom stereocenters. The van der Waals surface area contributed by atoms with Crippen LogP contribution in [-0.4, -0.2) is 27.1 Å². The number of fused-ring (bicyclic) bond motifs is 3. The van der Waals surface area contributed by atoms with Crippen LogP contribution in [0.15, 0.2) is 51.7 Å². The molecule has 2 aromatic heterocycles. The maximum Gasteiger partial charge on any atom is 0.341 e. The molecule has 0 aliphatic heterocycles. The molecule has 0 saturated heterocycles. The molecule has 130 valence electrons. The summed E-state index contributed by atoms with van der Waals surface area (Å²) in [6, 6.07) is 12.7. The lowest BCUT2D eigenvalue weighted by molar-refractivity contribution is -0.139. The van der Waals surface area contributed by atoms with Gasteiger partial charge in [-0.1, -0.05) is 29.5 Å². The van der Waals surface area contributed by atoms with Gasteiger partial charge in [0.1, 0.15) is 5.75 Å². The minimum absolute atomic E-state index is 0.110. The van der Waals surface area contributed by atoms with Crippen molar-refractivity contribution >= 4 is 55.3 Å².